The Morgan fingerprint density at radius 3 is 2.67 bits per heavy atom. The third kappa shape index (κ3) is 3.94. The van der Waals surface area contributed by atoms with Crippen LogP contribution in [0.5, 0.6) is 0 Å². The van der Waals surface area contributed by atoms with Gasteiger partial charge in [-0.2, -0.15) is 0 Å². The van der Waals surface area contributed by atoms with Crippen LogP contribution in [0.3, 0.4) is 0 Å². The Morgan fingerprint density at radius 2 is 2.08 bits per heavy atom. The Hall–Kier alpha value is -2.34. The molecule has 2 amide bonds. The third-order valence-corrected chi connectivity index (χ3v) is 4.25. The number of amides is 2. The number of urea groups is 1. The van der Waals surface area contributed by atoms with Gasteiger partial charge in [0.1, 0.15) is 17.2 Å². The first-order valence-electron chi connectivity index (χ1n) is 8.02. The fraction of sp³-hybridized carbons (Fsp3) is 0.389. The van der Waals surface area contributed by atoms with Crippen LogP contribution in [0.25, 0.3) is 0 Å². The zero-order chi connectivity index (χ0) is 17.2. The summed E-state index contributed by atoms with van der Waals surface area (Å²) in [6.07, 6.45) is 3.54. The van der Waals surface area contributed by atoms with Crippen LogP contribution in [0.15, 0.2) is 47.1 Å². The molecule has 1 aliphatic carbocycles. The highest BCUT2D eigenvalue weighted by molar-refractivity contribution is 5.74. The summed E-state index contributed by atoms with van der Waals surface area (Å²) in [5.74, 6) is 0.458. The zero-order valence-electron chi connectivity index (χ0n) is 13.5. The van der Waals surface area contributed by atoms with Crippen LogP contribution >= 0.6 is 0 Å². The molecule has 0 saturated heterocycles. The summed E-state index contributed by atoms with van der Waals surface area (Å²) in [4.78, 5) is 12.2. The van der Waals surface area contributed by atoms with Gasteiger partial charge in [0.25, 0.3) is 0 Å². The number of carbonyl (C=O) groups excluding carboxylic acids is 1. The molecule has 2 aromatic rings. The molecule has 0 aliphatic heterocycles. The van der Waals surface area contributed by atoms with Crippen molar-refractivity contribution in [2.24, 2.45) is 5.92 Å². The molecular weight excluding hydrogens is 311 g/mol. The first-order valence-corrected chi connectivity index (χ1v) is 8.02. The fourth-order valence-corrected chi connectivity index (χ4v) is 2.69. The van der Waals surface area contributed by atoms with Gasteiger partial charge in [0.05, 0.1) is 18.8 Å². The summed E-state index contributed by atoms with van der Waals surface area (Å²) in [5.41, 5.74) is -0.405. The molecule has 1 aromatic carbocycles. The van der Waals surface area contributed by atoms with E-state index in [9.17, 15) is 14.3 Å². The van der Waals surface area contributed by atoms with Gasteiger partial charge in [0.15, 0.2) is 0 Å². The van der Waals surface area contributed by atoms with E-state index in [4.69, 9.17) is 4.42 Å². The smallest absolute Gasteiger partial charge is 0.315 e. The molecule has 3 rings (SSSR count). The Balaban J connectivity index is 1.59. The summed E-state index contributed by atoms with van der Waals surface area (Å²) >= 11 is 0. The molecule has 0 unspecified atom stereocenters. The Kier molecular flexibility index (Phi) is 4.57. The average molecular weight is 332 g/mol. The molecule has 0 spiro atoms. The van der Waals surface area contributed by atoms with Crippen molar-refractivity contribution in [2.45, 2.75) is 31.4 Å². The van der Waals surface area contributed by atoms with Crippen molar-refractivity contribution in [1.82, 2.24) is 10.6 Å². The number of nitrogens with one attached hydrogen (secondary N) is 2. The predicted molar refractivity (Wildman–Crippen MR) is 86.7 cm³/mol. The summed E-state index contributed by atoms with van der Waals surface area (Å²) in [6, 6.07) is 8.99. The topological polar surface area (TPSA) is 74.5 Å². The minimum absolute atomic E-state index is 0.0210. The van der Waals surface area contributed by atoms with E-state index in [0.29, 0.717) is 11.7 Å². The highest BCUT2D eigenvalue weighted by atomic mass is 19.1. The molecule has 0 radical (unpaired) electrons. The molecule has 1 aromatic heterocycles. The van der Waals surface area contributed by atoms with E-state index in [1.54, 1.807) is 31.2 Å². The molecular formula is C18H21FN2O3. The number of hydrogen-bond donors (Lipinski definition) is 3. The van der Waals surface area contributed by atoms with Crippen molar-refractivity contribution in [3.8, 4) is 0 Å². The Bertz CT molecular complexity index is 679. The monoisotopic (exact) mass is 332 g/mol. The van der Waals surface area contributed by atoms with Crippen molar-refractivity contribution in [3.63, 3.8) is 0 Å². The summed E-state index contributed by atoms with van der Waals surface area (Å²) < 4.78 is 18.3. The predicted octanol–water partition coefficient (Wildman–Crippen LogP) is 3.08. The lowest BCUT2D eigenvalue weighted by molar-refractivity contribution is 0.0366. The number of benzene rings is 1. The Morgan fingerprint density at radius 1 is 1.38 bits per heavy atom. The average Bonchev–Trinajstić information content (AvgIpc) is 3.24. The molecule has 1 heterocycles. The maximum atomic E-state index is 13.1. The molecule has 3 N–H and O–H groups in total. The van der Waals surface area contributed by atoms with Crippen molar-refractivity contribution < 1.29 is 18.7 Å². The van der Waals surface area contributed by atoms with Gasteiger partial charge in [-0.05, 0) is 55.5 Å². The summed E-state index contributed by atoms with van der Waals surface area (Å²) in [6.45, 7) is 1.59. The van der Waals surface area contributed by atoms with E-state index in [1.165, 1.54) is 18.4 Å². The van der Waals surface area contributed by atoms with E-state index in [0.717, 1.165) is 18.4 Å². The molecule has 1 saturated carbocycles. The molecule has 6 heteroatoms. The van der Waals surface area contributed by atoms with Crippen LogP contribution in [0.1, 0.15) is 37.1 Å². The van der Waals surface area contributed by atoms with Crippen molar-refractivity contribution in [1.29, 1.82) is 0 Å². The lowest BCUT2D eigenvalue weighted by Crippen LogP contribution is -2.44. The fourth-order valence-electron chi connectivity index (χ4n) is 2.69. The van der Waals surface area contributed by atoms with E-state index >= 15 is 0 Å². The first kappa shape index (κ1) is 16.5. The van der Waals surface area contributed by atoms with Crippen molar-refractivity contribution in [3.05, 3.63) is 59.8 Å². The SMILES string of the molecule is C[C@@](O)(CNC(=O)N[C@@H](c1ccc(F)cc1)C1CC1)c1ccco1. The maximum Gasteiger partial charge on any atom is 0.315 e. The normalized spacial score (nSPS) is 17.8. The van der Waals surface area contributed by atoms with Gasteiger partial charge in [-0.25, -0.2) is 9.18 Å². The number of rotatable bonds is 6. The number of halogens is 1. The van der Waals surface area contributed by atoms with Crippen LogP contribution in [0, 0.1) is 11.7 Å². The molecule has 2 atom stereocenters. The van der Waals surface area contributed by atoms with Gasteiger partial charge in [0, 0.05) is 0 Å². The van der Waals surface area contributed by atoms with E-state index in [2.05, 4.69) is 10.6 Å². The molecule has 1 aliphatic rings. The highest BCUT2D eigenvalue weighted by Crippen LogP contribution is 2.41. The van der Waals surface area contributed by atoms with Crippen molar-refractivity contribution >= 4 is 6.03 Å². The second-order valence-electron chi connectivity index (χ2n) is 6.44. The quantitative estimate of drug-likeness (QED) is 0.761. The Labute approximate surface area is 139 Å². The molecule has 1 fully saturated rings. The maximum absolute atomic E-state index is 13.1. The molecule has 128 valence electrons. The van der Waals surface area contributed by atoms with Crippen LogP contribution in [0.2, 0.25) is 0 Å². The minimum atomic E-state index is -1.29. The van der Waals surface area contributed by atoms with Gasteiger partial charge >= 0.3 is 6.03 Å². The van der Waals surface area contributed by atoms with Crippen LogP contribution < -0.4 is 10.6 Å². The lowest BCUT2D eigenvalue weighted by atomic mass is 10.0. The van der Waals surface area contributed by atoms with E-state index < -0.39 is 5.60 Å². The van der Waals surface area contributed by atoms with Gasteiger partial charge in [-0.3, -0.25) is 0 Å². The lowest BCUT2D eigenvalue weighted by Gasteiger charge is -2.23. The third-order valence-electron chi connectivity index (χ3n) is 4.25. The van der Waals surface area contributed by atoms with Gasteiger partial charge in [0.2, 0.25) is 0 Å². The second kappa shape index (κ2) is 6.65. The summed E-state index contributed by atoms with van der Waals surface area (Å²) in [5, 5.41) is 15.9. The number of carbonyl (C=O) groups is 1. The minimum Gasteiger partial charge on any atom is -0.466 e. The molecule has 0 bridgehead atoms. The van der Waals surface area contributed by atoms with E-state index in [1.807, 2.05) is 0 Å². The van der Waals surface area contributed by atoms with Crippen LogP contribution in [0.4, 0.5) is 9.18 Å². The van der Waals surface area contributed by atoms with Gasteiger partial charge in [-0.1, -0.05) is 12.1 Å². The zero-order valence-corrected chi connectivity index (χ0v) is 13.5. The van der Waals surface area contributed by atoms with Gasteiger partial charge in [-0.15, -0.1) is 0 Å². The first-order chi connectivity index (χ1) is 11.5. The largest absolute Gasteiger partial charge is 0.466 e. The van der Waals surface area contributed by atoms with Gasteiger partial charge < -0.3 is 20.2 Å². The molecule has 24 heavy (non-hydrogen) atoms. The number of furan rings is 1. The van der Waals surface area contributed by atoms with E-state index in [-0.39, 0.29) is 24.4 Å². The second-order valence-corrected chi connectivity index (χ2v) is 6.44. The van der Waals surface area contributed by atoms with Crippen LogP contribution in [-0.2, 0) is 5.60 Å². The number of aliphatic hydroxyl groups is 1. The van der Waals surface area contributed by atoms with Crippen molar-refractivity contribution in [2.75, 3.05) is 6.54 Å². The summed E-state index contributed by atoms with van der Waals surface area (Å²) in [7, 11) is 0. The standard InChI is InChI=1S/C18H21FN2O3/c1-18(23,15-3-2-10-24-15)11-20-17(22)21-16(12-4-5-12)13-6-8-14(19)9-7-13/h2-3,6-10,12,16,23H,4-5,11H2,1H3,(H2,20,21,22)/t16-,18-/m1/s1. The number of hydrogen-bond acceptors (Lipinski definition) is 3. The van der Waals surface area contributed by atoms with Crippen LogP contribution in [-0.4, -0.2) is 17.7 Å². The highest BCUT2D eigenvalue weighted by Gasteiger charge is 2.34. The molecule has 5 nitrogen and oxygen atoms in total.